The Morgan fingerprint density at radius 2 is 1.79 bits per heavy atom. The van der Waals surface area contributed by atoms with Gasteiger partial charge in [-0.3, -0.25) is 14.4 Å². The molecular weight excluding hydrogens is 394 g/mol. The second-order valence-electron chi connectivity index (χ2n) is 6.43. The topological polar surface area (TPSA) is 81.7 Å². The molecule has 0 radical (unpaired) electrons. The minimum Gasteiger partial charge on any atom is -0.494 e. The predicted molar refractivity (Wildman–Crippen MR) is 111 cm³/mol. The monoisotopic (exact) mass is 417 g/mol. The van der Waals surface area contributed by atoms with Gasteiger partial charge in [0.25, 0.3) is 5.91 Å². The zero-order chi connectivity index (χ0) is 21.2. The molecule has 1 unspecified atom stereocenters. The van der Waals surface area contributed by atoms with E-state index in [9.17, 15) is 14.4 Å². The summed E-state index contributed by atoms with van der Waals surface area (Å²) >= 11 is 5.87. The van der Waals surface area contributed by atoms with Crippen LogP contribution in [0.1, 0.15) is 43.5 Å². The first kappa shape index (κ1) is 22.4. The summed E-state index contributed by atoms with van der Waals surface area (Å²) in [7, 11) is 0. The van der Waals surface area contributed by atoms with Crippen molar-refractivity contribution in [3.63, 3.8) is 0 Å². The van der Waals surface area contributed by atoms with Crippen molar-refractivity contribution in [3.8, 4) is 5.75 Å². The number of Topliss-reactive ketones (excluding diaryl/α,β-unsaturated/α-hetero) is 1. The smallest absolute Gasteiger partial charge is 0.307 e. The van der Waals surface area contributed by atoms with E-state index in [0.29, 0.717) is 28.6 Å². The first-order valence-electron chi connectivity index (χ1n) is 9.41. The van der Waals surface area contributed by atoms with Gasteiger partial charge < -0.3 is 14.8 Å². The molecule has 0 aliphatic carbocycles. The minimum atomic E-state index is -0.994. The van der Waals surface area contributed by atoms with Crippen LogP contribution in [0.4, 0.5) is 5.69 Å². The summed E-state index contributed by atoms with van der Waals surface area (Å²) < 4.78 is 10.6. The van der Waals surface area contributed by atoms with E-state index < -0.39 is 18.0 Å². The molecule has 6 nitrogen and oxygen atoms in total. The largest absolute Gasteiger partial charge is 0.494 e. The van der Waals surface area contributed by atoms with Gasteiger partial charge in [0, 0.05) is 22.7 Å². The molecule has 0 aliphatic heterocycles. The summed E-state index contributed by atoms with van der Waals surface area (Å²) in [5, 5.41) is 3.10. The van der Waals surface area contributed by atoms with Crippen molar-refractivity contribution in [2.75, 3.05) is 11.9 Å². The van der Waals surface area contributed by atoms with E-state index in [4.69, 9.17) is 21.1 Å². The average Bonchev–Trinajstić information content (AvgIpc) is 2.70. The van der Waals surface area contributed by atoms with Gasteiger partial charge in [0.15, 0.2) is 11.9 Å². The van der Waals surface area contributed by atoms with E-state index in [2.05, 4.69) is 5.32 Å². The van der Waals surface area contributed by atoms with Crippen LogP contribution >= 0.6 is 11.6 Å². The van der Waals surface area contributed by atoms with Gasteiger partial charge in [-0.1, -0.05) is 24.6 Å². The molecule has 1 amide bonds. The van der Waals surface area contributed by atoms with E-state index >= 15 is 0 Å². The molecule has 1 atom stereocenters. The highest BCUT2D eigenvalue weighted by Crippen LogP contribution is 2.16. The fourth-order valence-corrected chi connectivity index (χ4v) is 2.63. The van der Waals surface area contributed by atoms with E-state index in [1.165, 1.54) is 6.92 Å². The second kappa shape index (κ2) is 11.2. The Morgan fingerprint density at radius 3 is 2.45 bits per heavy atom. The van der Waals surface area contributed by atoms with Crippen LogP contribution in [0.5, 0.6) is 5.75 Å². The fourth-order valence-electron chi connectivity index (χ4n) is 2.44. The van der Waals surface area contributed by atoms with E-state index in [0.717, 1.165) is 6.42 Å². The zero-order valence-electron chi connectivity index (χ0n) is 16.4. The summed E-state index contributed by atoms with van der Waals surface area (Å²) in [6, 6.07) is 13.4. The van der Waals surface area contributed by atoms with Gasteiger partial charge in [-0.15, -0.1) is 0 Å². The Morgan fingerprint density at radius 1 is 1.07 bits per heavy atom. The molecule has 7 heteroatoms. The molecule has 2 rings (SSSR count). The molecule has 0 saturated carbocycles. The number of benzene rings is 2. The minimum absolute atomic E-state index is 0.00334. The number of rotatable bonds is 10. The summed E-state index contributed by atoms with van der Waals surface area (Å²) in [5.74, 6) is -0.577. The third kappa shape index (κ3) is 7.58. The number of nitrogens with one attached hydrogen (secondary N) is 1. The van der Waals surface area contributed by atoms with Crippen LogP contribution in [0.15, 0.2) is 48.5 Å². The van der Waals surface area contributed by atoms with Crippen LogP contribution in [0.25, 0.3) is 0 Å². The summed E-state index contributed by atoms with van der Waals surface area (Å²) in [6.45, 7) is 4.09. The Kier molecular flexibility index (Phi) is 8.68. The molecule has 0 heterocycles. The van der Waals surface area contributed by atoms with Crippen molar-refractivity contribution in [2.45, 2.75) is 39.2 Å². The first-order valence-corrected chi connectivity index (χ1v) is 9.78. The third-order valence-electron chi connectivity index (χ3n) is 3.97. The van der Waals surface area contributed by atoms with Crippen LogP contribution in [0.3, 0.4) is 0 Å². The van der Waals surface area contributed by atoms with Gasteiger partial charge in [0.05, 0.1) is 13.0 Å². The molecular formula is C22H24ClNO5. The highest BCUT2D eigenvalue weighted by Gasteiger charge is 2.19. The van der Waals surface area contributed by atoms with Gasteiger partial charge in [-0.25, -0.2) is 0 Å². The third-order valence-corrected chi connectivity index (χ3v) is 4.21. The number of amides is 1. The summed E-state index contributed by atoms with van der Waals surface area (Å²) in [4.78, 5) is 36.3. The molecule has 0 spiro atoms. The van der Waals surface area contributed by atoms with Crippen LogP contribution in [0, 0.1) is 0 Å². The molecule has 0 aliphatic rings. The Balaban J connectivity index is 1.77. The van der Waals surface area contributed by atoms with Crippen LogP contribution in [-0.2, 0) is 14.3 Å². The van der Waals surface area contributed by atoms with Crippen molar-refractivity contribution in [2.24, 2.45) is 0 Å². The number of anilines is 1. The number of carbonyl (C=O) groups is 3. The van der Waals surface area contributed by atoms with Crippen LogP contribution in [0.2, 0.25) is 5.02 Å². The van der Waals surface area contributed by atoms with Crippen molar-refractivity contribution >= 4 is 34.9 Å². The van der Waals surface area contributed by atoms with E-state index in [1.54, 1.807) is 48.5 Å². The number of ketones is 1. The summed E-state index contributed by atoms with van der Waals surface area (Å²) in [5.41, 5.74) is 1.00. The predicted octanol–water partition coefficient (Wildman–Crippen LogP) is 4.66. The average molecular weight is 418 g/mol. The first-order chi connectivity index (χ1) is 13.9. The second-order valence-corrected chi connectivity index (χ2v) is 6.86. The molecule has 0 saturated heterocycles. The highest BCUT2D eigenvalue weighted by atomic mass is 35.5. The number of ether oxygens (including phenoxy) is 2. The molecule has 0 bridgehead atoms. The number of halogens is 1. The molecule has 154 valence electrons. The maximum Gasteiger partial charge on any atom is 0.307 e. The maximum atomic E-state index is 12.2. The lowest BCUT2D eigenvalue weighted by atomic mass is 10.1. The van der Waals surface area contributed by atoms with E-state index in [1.807, 2.05) is 6.92 Å². The fraction of sp³-hybridized carbons (Fsp3) is 0.318. The Labute approximate surface area is 175 Å². The zero-order valence-corrected chi connectivity index (χ0v) is 17.2. The summed E-state index contributed by atoms with van der Waals surface area (Å²) in [6.07, 6.45) is -0.206. The van der Waals surface area contributed by atoms with Crippen LogP contribution < -0.4 is 10.1 Å². The van der Waals surface area contributed by atoms with Gasteiger partial charge in [0.2, 0.25) is 0 Å². The van der Waals surface area contributed by atoms with Gasteiger partial charge in [-0.2, -0.15) is 0 Å². The normalized spacial score (nSPS) is 11.4. The maximum absolute atomic E-state index is 12.2. The van der Waals surface area contributed by atoms with Crippen LogP contribution in [-0.4, -0.2) is 30.4 Å². The molecule has 29 heavy (non-hydrogen) atoms. The number of carbonyl (C=O) groups excluding carboxylic acids is 3. The lowest BCUT2D eigenvalue weighted by molar-refractivity contribution is -0.153. The standard InChI is InChI=1S/C22H24ClNO5/c1-3-13-28-19-9-7-16(8-10-19)20(25)11-12-21(26)29-15(2)22(27)24-18-6-4-5-17(23)14-18/h4-10,14-15H,3,11-13H2,1-2H3,(H,24,27). The number of esters is 1. The highest BCUT2D eigenvalue weighted by molar-refractivity contribution is 6.30. The number of hydrogen-bond donors (Lipinski definition) is 1. The Hall–Kier alpha value is -2.86. The van der Waals surface area contributed by atoms with Crippen molar-refractivity contribution in [1.29, 1.82) is 0 Å². The van der Waals surface area contributed by atoms with Crippen molar-refractivity contribution in [3.05, 3.63) is 59.1 Å². The quantitative estimate of drug-likeness (QED) is 0.449. The Bertz CT molecular complexity index is 851. The lowest BCUT2D eigenvalue weighted by Crippen LogP contribution is -2.30. The van der Waals surface area contributed by atoms with Crippen molar-refractivity contribution < 1.29 is 23.9 Å². The number of hydrogen-bond acceptors (Lipinski definition) is 5. The molecule has 0 aromatic heterocycles. The molecule has 1 N–H and O–H groups in total. The molecule has 2 aromatic rings. The van der Waals surface area contributed by atoms with Crippen molar-refractivity contribution in [1.82, 2.24) is 0 Å². The van der Waals surface area contributed by atoms with Gasteiger partial charge in [0.1, 0.15) is 5.75 Å². The molecule has 0 fully saturated rings. The van der Waals surface area contributed by atoms with Gasteiger partial charge in [-0.05, 0) is 55.8 Å². The SMILES string of the molecule is CCCOc1ccc(C(=O)CCC(=O)OC(C)C(=O)Nc2cccc(Cl)c2)cc1. The lowest BCUT2D eigenvalue weighted by Gasteiger charge is -2.13. The van der Waals surface area contributed by atoms with Gasteiger partial charge >= 0.3 is 5.97 Å². The van der Waals surface area contributed by atoms with E-state index in [-0.39, 0.29) is 18.6 Å². The molecule has 2 aromatic carbocycles.